The van der Waals surface area contributed by atoms with Gasteiger partial charge in [-0.3, -0.25) is 14.3 Å². The Morgan fingerprint density at radius 2 is 1.27 bits per heavy atom. The van der Waals surface area contributed by atoms with Gasteiger partial charge in [0, 0.05) is 19.4 Å². The molecule has 0 saturated heterocycles. The molecule has 4 heterocycles. The van der Waals surface area contributed by atoms with Gasteiger partial charge >= 0.3 is 5.69 Å². The van der Waals surface area contributed by atoms with E-state index >= 15 is 0 Å². The summed E-state index contributed by atoms with van der Waals surface area (Å²) in [6, 6.07) is -0.934. The van der Waals surface area contributed by atoms with Crippen LogP contribution in [0.25, 0.3) is 11.3 Å². The van der Waals surface area contributed by atoms with Gasteiger partial charge in [-0.25, -0.2) is 9.48 Å². The zero-order valence-corrected chi connectivity index (χ0v) is 33.3. The molecule has 49 heavy (non-hydrogen) atoms. The van der Waals surface area contributed by atoms with Crippen molar-refractivity contribution < 1.29 is 27.8 Å². The normalized spacial score (nSPS) is 25.2. The van der Waals surface area contributed by atoms with E-state index in [4.69, 9.17) is 27.8 Å². The van der Waals surface area contributed by atoms with Crippen LogP contribution in [0.4, 0.5) is 0 Å². The summed E-state index contributed by atoms with van der Waals surface area (Å²) in [5.41, 5.74) is -0.640. The van der Waals surface area contributed by atoms with Crippen molar-refractivity contribution in [3.05, 3.63) is 57.5 Å². The third-order valence-corrected chi connectivity index (χ3v) is 19.2. The molecule has 0 spiro atoms. The van der Waals surface area contributed by atoms with Crippen LogP contribution in [-0.2, 0) is 27.8 Å². The van der Waals surface area contributed by atoms with Gasteiger partial charge in [0.2, 0.25) is 0 Å². The van der Waals surface area contributed by atoms with Crippen molar-refractivity contribution in [2.24, 2.45) is 0 Å². The third kappa shape index (κ3) is 9.24. The van der Waals surface area contributed by atoms with Crippen LogP contribution in [0.2, 0.25) is 36.3 Å². The molecule has 2 aromatic rings. The Labute approximate surface area is 292 Å². The lowest BCUT2D eigenvalue weighted by atomic mass is 10.1. The maximum atomic E-state index is 13.3. The summed E-state index contributed by atoms with van der Waals surface area (Å²) in [5, 5.41) is 8.77. The molecule has 2 aliphatic heterocycles. The molecule has 4 unspecified atom stereocenters. The van der Waals surface area contributed by atoms with Crippen LogP contribution in [0.1, 0.15) is 67.5 Å². The van der Waals surface area contributed by atoms with Crippen molar-refractivity contribution in [1.82, 2.24) is 24.5 Å². The third-order valence-electron chi connectivity index (χ3n) is 10.2. The Morgan fingerprint density at radius 3 is 1.76 bits per heavy atom. The minimum Gasteiger partial charge on any atom is -0.414 e. The Morgan fingerprint density at radius 1 is 0.776 bits per heavy atom. The molecule has 1 N–H and O–H groups in total. The first-order valence-corrected chi connectivity index (χ1v) is 23.1. The Balaban J connectivity index is 1.65. The summed E-state index contributed by atoms with van der Waals surface area (Å²) in [5.74, 6) is 0. The number of ether oxygens (including phenoxy) is 4. The highest BCUT2D eigenvalue weighted by Crippen LogP contribution is 2.39. The minimum absolute atomic E-state index is 0.0154. The monoisotopic (exact) mass is 719 g/mol. The van der Waals surface area contributed by atoms with Crippen molar-refractivity contribution in [3.8, 4) is 11.3 Å². The van der Waals surface area contributed by atoms with E-state index in [2.05, 4.69) is 83.0 Å². The van der Waals surface area contributed by atoms with Crippen LogP contribution in [0.3, 0.4) is 0 Å². The van der Waals surface area contributed by atoms with Crippen molar-refractivity contribution in [2.75, 3.05) is 26.4 Å². The summed E-state index contributed by atoms with van der Waals surface area (Å²) in [6.45, 7) is 27.2. The van der Waals surface area contributed by atoms with Crippen LogP contribution < -0.4 is 11.2 Å². The van der Waals surface area contributed by atoms with Gasteiger partial charge in [0.05, 0.1) is 31.0 Å². The Hall–Kier alpha value is -2.51. The summed E-state index contributed by atoms with van der Waals surface area (Å²) in [4.78, 5) is 29.0. The fourth-order valence-corrected chi connectivity index (χ4v) is 7.05. The second kappa shape index (κ2) is 15.4. The lowest BCUT2D eigenvalue weighted by molar-refractivity contribution is -0.164. The molecule has 0 fully saturated rings. The molecule has 0 bridgehead atoms. The highest BCUT2D eigenvalue weighted by Gasteiger charge is 2.41. The standard InChI is InChI=1S/C34H57N5O8Si2/c1-13-42-29-17-15-25(27(46-29)21-44-48(9,10)33(3,4)5)38-19-23(31(40)35-32(38)41)24-20-39(37-36-24)26-16-18-30(43-14-2)47-28(26)22-45-49(11,12)34(6,7)8/h15-20,25-30H,13-14,21-22H2,1-12H3,(H,35,40,41)/t25?,26?,27-,28-,29?,30?/m1/s1. The van der Waals surface area contributed by atoms with E-state index in [1.54, 1.807) is 17.0 Å². The Bertz CT molecular complexity index is 1590. The molecule has 0 aromatic carbocycles. The van der Waals surface area contributed by atoms with Gasteiger partial charge in [0.1, 0.15) is 23.9 Å². The molecular formula is C34H57N5O8Si2. The number of aromatic amines is 1. The van der Waals surface area contributed by atoms with E-state index < -0.39 is 58.7 Å². The maximum absolute atomic E-state index is 13.3. The van der Waals surface area contributed by atoms with E-state index in [0.29, 0.717) is 25.5 Å². The van der Waals surface area contributed by atoms with Gasteiger partial charge in [-0.05, 0) is 62.3 Å². The van der Waals surface area contributed by atoms with Gasteiger partial charge < -0.3 is 27.8 Å². The van der Waals surface area contributed by atoms with Crippen LogP contribution in [0.5, 0.6) is 0 Å². The van der Waals surface area contributed by atoms with Crippen LogP contribution in [-0.4, -0.2) is 92.4 Å². The van der Waals surface area contributed by atoms with E-state index in [0.717, 1.165) is 0 Å². The fraction of sp³-hybridized carbons (Fsp3) is 0.706. The predicted molar refractivity (Wildman–Crippen MR) is 194 cm³/mol. The topological polar surface area (TPSA) is 141 Å². The van der Waals surface area contributed by atoms with Crippen LogP contribution in [0.15, 0.2) is 46.3 Å². The summed E-state index contributed by atoms with van der Waals surface area (Å²) in [6.07, 6.45) is 8.63. The van der Waals surface area contributed by atoms with E-state index in [1.165, 1.54) is 10.8 Å². The molecule has 274 valence electrons. The molecule has 2 aromatic heterocycles. The van der Waals surface area contributed by atoms with Crippen molar-refractivity contribution in [2.45, 2.75) is 129 Å². The van der Waals surface area contributed by atoms with Crippen molar-refractivity contribution in [1.29, 1.82) is 0 Å². The molecular weight excluding hydrogens is 663 g/mol. The average Bonchev–Trinajstić information content (AvgIpc) is 3.48. The second-order valence-corrected chi connectivity index (χ2v) is 25.3. The molecule has 2 aliphatic rings. The second-order valence-electron chi connectivity index (χ2n) is 15.7. The largest absolute Gasteiger partial charge is 0.414 e. The van der Waals surface area contributed by atoms with Crippen LogP contribution in [0, 0.1) is 0 Å². The smallest absolute Gasteiger partial charge is 0.328 e. The molecule has 0 radical (unpaired) electrons. The average molecular weight is 720 g/mol. The number of rotatable bonds is 13. The zero-order chi connectivity index (χ0) is 36.4. The molecule has 6 atom stereocenters. The van der Waals surface area contributed by atoms with E-state index in [1.807, 2.05) is 32.1 Å². The summed E-state index contributed by atoms with van der Waals surface area (Å²) >= 11 is 0. The number of nitrogens with one attached hydrogen (secondary N) is 1. The number of hydrogen-bond donors (Lipinski definition) is 1. The number of nitrogens with zero attached hydrogens (tertiary/aromatic N) is 4. The number of H-pyrrole nitrogens is 1. The van der Waals surface area contributed by atoms with Gasteiger partial charge in [-0.2, -0.15) is 0 Å². The molecule has 15 heteroatoms. The van der Waals surface area contributed by atoms with Gasteiger partial charge in [-0.1, -0.05) is 58.9 Å². The SMILES string of the molecule is CCOC1C=CC(n2cc(-c3cn(C4C=CC(OCC)O[C@@H]4CO[Si](C)(C)C(C)(C)C)c(=O)[nH]c3=O)nn2)[C@@H](CO[Si](C)(C)C(C)(C)C)O1. The highest BCUT2D eigenvalue weighted by atomic mass is 28.4. The number of hydrogen-bond acceptors (Lipinski definition) is 10. The predicted octanol–water partition coefficient (Wildman–Crippen LogP) is 5.56. The fourth-order valence-electron chi connectivity index (χ4n) is 5.03. The highest BCUT2D eigenvalue weighted by molar-refractivity contribution is 6.74. The zero-order valence-electron chi connectivity index (χ0n) is 31.3. The van der Waals surface area contributed by atoms with E-state index in [-0.39, 0.29) is 28.3 Å². The Kier molecular flexibility index (Phi) is 12.3. The molecule has 0 saturated carbocycles. The van der Waals surface area contributed by atoms with Crippen molar-refractivity contribution >= 4 is 16.6 Å². The van der Waals surface area contributed by atoms with Gasteiger partial charge in [-0.15, -0.1) is 5.10 Å². The molecule has 4 rings (SSSR count). The first-order chi connectivity index (χ1) is 22.8. The van der Waals surface area contributed by atoms with Gasteiger partial charge in [0.25, 0.3) is 5.56 Å². The lowest BCUT2D eigenvalue weighted by Crippen LogP contribution is -2.47. The molecule has 13 nitrogen and oxygen atoms in total. The first-order valence-electron chi connectivity index (χ1n) is 17.2. The van der Waals surface area contributed by atoms with E-state index in [9.17, 15) is 9.59 Å². The first kappa shape index (κ1) is 39.3. The van der Waals surface area contributed by atoms with Crippen molar-refractivity contribution in [3.63, 3.8) is 0 Å². The summed E-state index contributed by atoms with van der Waals surface area (Å²) in [7, 11) is -4.23. The maximum Gasteiger partial charge on any atom is 0.328 e. The molecule has 0 aliphatic carbocycles. The minimum atomic E-state index is -2.14. The lowest BCUT2D eigenvalue weighted by Gasteiger charge is -2.39. The van der Waals surface area contributed by atoms with Crippen LogP contribution >= 0.6 is 0 Å². The molecule has 0 amide bonds. The summed E-state index contributed by atoms with van der Waals surface area (Å²) < 4.78 is 40.3. The quantitative estimate of drug-likeness (QED) is 0.207. The number of aromatic nitrogens is 5. The van der Waals surface area contributed by atoms with Gasteiger partial charge in [0.15, 0.2) is 29.2 Å².